The van der Waals surface area contributed by atoms with Crippen LogP contribution in [0.2, 0.25) is 10.0 Å². The van der Waals surface area contributed by atoms with Gasteiger partial charge < -0.3 is 19.5 Å². The highest BCUT2D eigenvalue weighted by molar-refractivity contribution is 7.14. The summed E-state index contributed by atoms with van der Waals surface area (Å²) in [5.41, 5.74) is 1.08. The van der Waals surface area contributed by atoms with Crippen LogP contribution >= 0.6 is 45.9 Å². The first kappa shape index (κ1) is 28.5. The van der Waals surface area contributed by atoms with Gasteiger partial charge in [0, 0.05) is 28.4 Å². The van der Waals surface area contributed by atoms with Crippen LogP contribution in [0.4, 0.5) is 13.9 Å². The minimum absolute atomic E-state index is 0.0921. The molecular weight excluding hydrogens is 603 g/mol. The molecule has 1 atom stereocenters. The molecule has 1 fully saturated rings. The van der Waals surface area contributed by atoms with E-state index in [0.29, 0.717) is 45.1 Å². The third-order valence-corrected chi connectivity index (χ3v) is 8.54. The normalized spacial score (nSPS) is 13.7. The number of rotatable bonds is 13. The van der Waals surface area contributed by atoms with Crippen LogP contribution in [0.1, 0.15) is 44.6 Å². The molecule has 0 amide bonds. The number of carbonyl (C=O) groups excluding carboxylic acids is 1. The van der Waals surface area contributed by atoms with E-state index in [4.69, 9.17) is 32.7 Å². The number of thiazole rings is 1. The number of benzene rings is 1. The van der Waals surface area contributed by atoms with Gasteiger partial charge in [0.05, 0.1) is 13.2 Å². The van der Waals surface area contributed by atoms with Crippen LogP contribution in [0.15, 0.2) is 54.3 Å². The Bertz CT molecular complexity index is 1430. The number of hydrogen-bond donors (Lipinski definition) is 1. The van der Waals surface area contributed by atoms with Crippen molar-refractivity contribution < 1.29 is 32.8 Å². The summed E-state index contributed by atoms with van der Waals surface area (Å²) < 4.78 is 42.6. The zero-order valence-electron chi connectivity index (χ0n) is 20.9. The van der Waals surface area contributed by atoms with Gasteiger partial charge in [-0.3, -0.25) is 0 Å². The van der Waals surface area contributed by atoms with Crippen molar-refractivity contribution in [2.75, 3.05) is 11.9 Å². The van der Waals surface area contributed by atoms with Crippen LogP contribution in [-0.4, -0.2) is 24.2 Å². The molecule has 1 saturated carbocycles. The predicted molar refractivity (Wildman–Crippen MR) is 150 cm³/mol. The van der Waals surface area contributed by atoms with Crippen molar-refractivity contribution in [1.82, 2.24) is 4.98 Å². The Hall–Kier alpha value is -2.99. The summed E-state index contributed by atoms with van der Waals surface area (Å²) in [5, 5.41) is 6.59. The molecule has 3 heterocycles. The molecule has 3 aromatic heterocycles. The van der Waals surface area contributed by atoms with Gasteiger partial charge in [-0.05, 0) is 48.6 Å². The van der Waals surface area contributed by atoms with E-state index in [1.165, 1.54) is 28.7 Å². The van der Waals surface area contributed by atoms with Crippen LogP contribution in [0.3, 0.4) is 0 Å². The van der Waals surface area contributed by atoms with Crippen molar-refractivity contribution in [3.05, 3.63) is 85.2 Å². The summed E-state index contributed by atoms with van der Waals surface area (Å²) in [6, 6.07) is 8.06. The molecule has 2 N–H and O–H groups in total. The fourth-order valence-corrected chi connectivity index (χ4v) is 5.74. The number of nitrogens with one attached hydrogen (secondary N) is 2. The van der Waals surface area contributed by atoms with Gasteiger partial charge in [0.15, 0.2) is 29.0 Å². The molecule has 4 aromatic rings. The third kappa shape index (κ3) is 7.60. The number of nitrogens with zero attached hydrogens (tertiary/aromatic N) is 1. The van der Waals surface area contributed by atoms with Gasteiger partial charge in [0.1, 0.15) is 21.0 Å². The van der Waals surface area contributed by atoms with Gasteiger partial charge in [0.2, 0.25) is 0 Å². The Morgan fingerprint density at radius 2 is 1.95 bits per heavy atom. The molecule has 0 aliphatic heterocycles. The van der Waals surface area contributed by atoms with E-state index >= 15 is 0 Å². The average molecular weight is 628 g/mol. The maximum Gasteiger partial charge on any atom is 0.387 e. The molecule has 40 heavy (non-hydrogen) atoms. The number of aromatic amines is 1. The SMILES string of the molecule is O=C(O[C@@H](Cc1c(Cl)c[nH+]cc1Cl)c1ccc(OC(F)F)c(OCC2CC2)c1)c1ccc(CNc2nccs2)s1. The average Bonchev–Trinajstić information content (AvgIpc) is 3.38. The Morgan fingerprint density at radius 1 is 1.15 bits per heavy atom. The number of carbonyl (C=O) groups is 1. The zero-order valence-corrected chi connectivity index (χ0v) is 24.0. The number of esters is 1. The zero-order chi connectivity index (χ0) is 28.1. The summed E-state index contributed by atoms with van der Waals surface area (Å²) in [6.07, 6.45) is 6.19. The first-order valence-corrected chi connectivity index (χ1v) is 14.8. The first-order valence-electron chi connectivity index (χ1n) is 12.3. The molecular formula is C27H24Cl2F2N3O4S2+. The molecule has 1 aliphatic carbocycles. The molecule has 5 rings (SSSR count). The standard InChI is InChI=1S/C27H23Cl2F2N3O4S2/c28-19-12-32-13-20(29)18(19)10-22(16-3-5-21(38-26(30)31)23(9-16)36-14-15-1-2-15)37-25(35)24-6-4-17(40-24)11-34-27-33-7-8-39-27/h3-9,12-13,15,22,26H,1-2,10-11,14H2,(H,33,34)/p+1/t22-/m0/s1. The van der Waals surface area contributed by atoms with Crippen molar-refractivity contribution >= 4 is 57.0 Å². The topological polar surface area (TPSA) is 83.8 Å². The van der Waals surface area contributed by atoms with Crippen molar-refractivity contribution in [2.45, 2.75) is 38.5 Å². The van der Waals surface area contributed by atoms with Crippen molar-refractivity contribution in [3.8, 4) is 11.5 Å². The number of H-pyrrole nitrogens is 1. The highest BCUT2D eigenvalue weighted by Gasteiger charge is 2.27. The molecule has 1 aliphatic rings. The van der Waals surface area contributed by atoms with E-state index in [2.05, 4.69) is 20.0 Å². The Kier molecular flexibility index (Phi) is 9.36. The number of ether oxygens (including phenoxy) is 3. The van der Waals surface area contributed by atoms with Crippen molar-refractivity contribution in [1.29, 1.82) is 0 Å². The number of thiophene rings is 1. The molecule has 1 aromatic carbocycles. The second-order valence-corrected chi connectivity index (χ2v) is 11.9. The Morgan fingerprint density at radius 3 is 2.65 bits per heavy atom. The molecule has 0 radical (unpaired) electrons. The van der Waals surface area contributed by atoms with Crippen LogP contribution in [0.25, 0.3) is 0 Å². The van der Waals surface area contributed by atoms with Gasteiger partial charge in [0.25, 0.3) is 0 Å². The van der Waals surface area contributed by atoms with E-state index < -0.39 is 18.7 Å². The van der Waals surface area contributed by atoms with Gasteiger partial charge in [-0.2, -0.15) is 8.78 Å². The van der Waals surface area contributed by atoms with Crippen molar-refractivity contribution in [2.24, 2.45) is 5.92 Å². The summed E-state index contributed by atoms with van der Waals surface area (Å²) >= 11 is 15.6. The van der Waals surface area contributed by atoms with Crippen molar-refractivity contribution in [3.63, 3.8) is 0 Å². The molecule has 210 valence electrons. The second kappa shape index (κ2) is 13.1. The minimum Gasteiger partial charge on any atom is -0.489 e. The van der Waals surface area contributed by atoms with Gasteiger partial charge in [-0.15, -0.1) is 22.7 Å². The summed E-state index contributed by atoms with van der Waals surface area (Å²) in [4.78, 5) is 21.7. The highest BCUT2D eigenvalue weighted by atomic mass is 35.5. The summed E-state index contributed by atoms with van der Waals surface area (Å²) in [6.45, 7) is -2.13. The highest BCUT2D eigenvalue weighted by Crippen LogP contribution is 2.38. The lowest BCUT2D eigenvalue weighted by Gasteiger charge is -2.21. The predicted octanol–water partition coefficient (Wildman–Crippen LogP) is 7.47. The van der Waals surface area contributed by atoms with Crippen LogP contribution in [-0.2, 0) is 17.7 Å². The minimum atomic E-state index is -3.01. The maximum absolute atomic E-state index is 13.3. The van der Waals surface area contributed by atoms with E-state index in [9.17, 15) is 13.6 Å². The number of pyridine rings is 1. The van der Waals surface area contributed by atoms with Crippen LogP contribution in [0.5, 0.6) is 11.5 Å². The number of aromatic nitrogens is 2. The summed E-state index contributed by atoms with van der Waals surface area (Å²) in [7, 11) is 0. The lowest BCUT2D eigenvalue weighted by molar-refractivity contribution is -0.377. The molecule has 0 unspecified atom stereocenters. The lowest BCUT2D eigenvalue weighted by atomic mass is 10.0. The molecule has 7 nitrogen and oxygen atoms in total. The monoisotopic (exact) mass is 626 g/mol. The van der Waals surface area contributed by atoms with Crippen LogP contribution < -0.4 is 19.8 Å². The number of anilines is 1. The Balaban J connectivity index is 1.39. The number of alkyl halides is 2. The molecule has 13 heteroatoms. The molecule has 0 spiro atoms. The number of halogens is 4. The van der Waals surface area contributed by atoms with Crippen LogP contribution in [0, 0.1) is 5.92 Å². The third-order valence-electron chi connectivity index (χ3n) is 6.07. The second-order valence-electron chi connectivity index (χ2n) is 9.02. The number of hydrogen-bond acceptors (Lipinski definition) is 8. The molecule has 0 saturated heterocycles. The van der Waals surface area contributed by atoms with Gasteiger partial charge in [-0.1, -0.05) is 29.3 Å². The lowest BCUT2D eigenvalue weighted by Crippen LogP contribution is -2.15. The van der Waals surface area contributed by atoms with Gasteiger partial charge >= 0.3 is 12.6 Å². The van der Waals surface area contributed by atoms with E-state index in [0.717, 1.165) is 22.9 Å². The fraction of sp³-hybridized carbons (Fsp3) is 0.296. The fourth-order valence-electron chi connectivity index (χ4n) is 3.85. The Labute approximate surface area is 247 Å². The first-order chi connectivity index (χ1) is 19.4. The van der Waals surface area contributed by atoms with E-state index in [1.807, 2.05) is 11.4 Å². The smallest absolute Gasteiger partial charge is 0.387 e. The van der Waals surface area contributed by atoms with E-state index in [1.54, 1.807) is 36.8 Å². The molecule has 0 bridgehead atoms. The maximum atomic E-state index is 13.3. The van der Waals surface area contributed by atoms with E-state index in [-0.39, 0.29) is 17.9 Å². The quantitative estimate of drug-likeness (QED) is 0.155. The summed E-state index contributed by atoms with van der Waals surface area (Å²) in [5.74, 6) is -0.104. The largest absolute Gasteiger partial charge is 0.489 e. The van der Waals surface area contributed by atoms with Gasteiger partial charge in [-0.25, -0.2) is 14.8 Å².